The first-order valence-corrected chi connectivity index (χ1v) is 8.06. The van der Waals surface area contributed by atoms with Gasteiger partial charge in [0.2, 0.25) is 0 Å². The molecule has 1 heterocycles. The van der Waals surface area contributed by atoms with Gasteiger partial charge in [0.1, 0.15) is 11.9 Å². The molecule has 4 heteroatoms. The number of pyridine rings is 1. The second-order valence-corrected chi connectivity index (χ2v) is 5.52. The van der Waals surface area contributed by atoms with Crippen molar-refractivity contribution in [3.05, 3.63) is 83.6 Å². The number of hydrogen-bond donors (Lipinski definition) is 2. The van der Waals surface area contributed by atoms with Crippen molar-refractivity contribution in [2.45, 2.75) is 20.8 Å². The minimum Gasteiger partial charge on any atom is -0.340 e. The molecule has 0 atom stereocenters. The lowest BCUT2D eigenvalue weighted by Crippen LogP contribution is -2.08. The number of aromatic nitrogens is 1. The van der Waals surface area contributed by atoms with E-state index in [0.717, 1.165) is 22.5 Å². The van der Waals surface area contributed by atoms with Gasteiger partial charge in [0.15, 0.2) is 5.82 Å². The summed E-state index contributed by atoms with van der Waals surface area (Å²) >= 11 is 0. The largest absolute Gasteiger partial charge is 0.340 e. The summed E-state index contributed by atoms with van der Waals surface area (Å²) in [4.78, 5) is 4.65. The molecule has 2 N–H and O–H groups in total. The van der Waals surface area contributed by atoms with Crippen molar-refractivity contribution >= 4 is 17.3 Å². The summed E-state index contributed by atoms with van der Waals surface area (Å²) in [6.07, 6.45) is 7.48. The Labute approximate surface area is 149 Å². The van der Waals surface area contributed by atoms with Crippen LogP contribution < -0.4 is 10.6 Å². The van der Waals surface area contributed by atoms with E-state index in [0.29, 0.717) is 17.2 Å². The van der Waals surface area contributed by atoms with E-state index in [-0.39, 0.29) is 0 Å². The summed E-state index contributed by atoms with van der Waals surface area (Å²) in [6, 6.07) is 12.0. The van der Waals surface area contributed by atoms with E-state index in [1.807, 2.05) is 69.3 Å². The zero-order valence-electron chi connectivity index (χ0n) is 14.8. The molecule has 0 amide bonds. The third kappa shape index (κ3) is 4.36. The standard InChI is InChI=1S/C21H22N4/c1-5-10-17(11-6-2)23-20-16(4)15(3)19(14-22)21(25-20)24-18-12-8-7-9-13-18/h5-13H,1H2,2-4H3,(H2,23,24,25)/b11-6-,17-10+. The summed E-state index contributed by atoms with van der Waals surface area (Å²) in [5.74, 6) is 1.25. The van der Waals surface area contributed by atoms with Crippen LogP contribution in [0.5, 0.6) is 0 Å². The number of hydrogen-bond acceptors (Lipinski definition) is 4. The van der Waals surface area contributed by atoms with E-state index >= 15 is 0 Å². The molecule has 0 spiro atoms. The van der Waals surface area contributed by atoms with E-state index in [1.165, 1.54) is 0 Å². The first-order valence-electron chi connectivity index (χ1n) is 8.06. The van der Waals surface area contributed by atoms with Crippen LogP contribution in [0.1, 0.15) is 23.6 Å². The van der Waals surface area contributed by atoms with Gasteiger partial charge in [0.25, 0.3) is 0 Å². The van der Waals surface area contributed by atoms with Gasteiger partial charge in [-0.05, 0) is 56.2 Å². The lowest BCUT2D eigenvalue weighted by molar-refractivity contribution is 1.18. The molecule has 0 saturated carbocycles. The predicted molar refractivity (Wildman–Crippen MR) is 105 cm³/mol. The van der Waals surface area contributed by atoms with Gasteiger partial charge < -0.3 is 10.6 Å². The number of anilines is 3. The molecule has 0 aliphatic rings. The fraction of sp³-hybridized carbons (Fsp3) is 0.143. The smallest absolute Gasteiger partial charge is 0.151 e. The van der Waals surface area contributed by atoms with Gasteiger partial charge in [-0.25, -0.2) is 4.98 Å². The maximum absolute atomic E-state index is 9.56. The van der Waals surface area contributed by atoms with Crippen LogP contribution in [-0.4, -0.2) is 4.98 Å². The highest BCUT2D eigenvalue weighted by Crippen LogP contribution is 2.28. The summed E-state index contributed by atoms with van der Waals surface area (Å²) in [5.41, 5.74) is 4.15. The average molecular weight is 330 g/mol. The molecule has 0 fully saturated rings. The van der Waals surface area contributed by atoms with Crippen molar-refractivity contribution in [1.82, 2.24) is 4.98 Å². The minimum absolute atomic E-state index is 0.540. The lowest BCUT2D eigenvalue weighted by Gasteiger charge is -2.16. The fourth-order valence-corrected chi connectivity index (χ4v) is 2.38. The van der Waals surface area contributed by atoms with Crippen LogP contribution in [0.2, 0.25) is 0 Å². The number of nitrogens with one attached hydrogen (secondary N) is 2. The van der Waals surface area contributed by atoms with Crippen molar-refractivity contribution in [2.75, 3.05) is 10.6 Å². The molecule has 0 unspecified atom stereocenters. The Morgan fingerprint density at radius 1 is 1.16 bits per heavy atom. The molecule has 126 valence electrons. The van der Waals surface area contributed by atoms with Gasteiger partial charge in [0, 0.05) is 11.4 Å². The molecular formula is C21H22N4. The maximum Gasteiger partial charge on any atom is 0.151 e. The van der Waals surface area contributed by atoms with E-state index in [2.05, 4.69) is 28.3 Å². The summed E-state index contributed by atoms with van der Waals surface area (Å²) in [7, 11) is 0. The average Bonchev–Trinajstić information content (AvgIpc) is 2.61. The van der Waals surface area contributed by atoms with Crippen molar-refractivity contribution < 1.29 is 0 Å². The van der Waals surface area contributed by atoms with Gasteiger partial charge in [0.05, 0.1) is 5.56 Å². The quantitative estimate of drug-likeness (QED) is 0.699. The Kier molecular flexibility index (Phi) is 6.14. The Morgan fingerprint density at radius 2 is 1.88 bits per heavy atom. The van der Waals surface area contributed by atoms with Crippen LogP contribution in [0.3, 0.4) is 0 Å². The van der Waals surface area contributed by atoms with Gasteiger partial charge in [-0.15, -0.1) is 0 Å². The van der Waals surface area contributed by atoms with Gasteiger partial charge in [-0.3, -0.25) is 0 Å². The number of benzene rings is 1. The Balaban J connectivity index is 2.49. The second kappa shape index (κ2) is 8.51. The zero-order valence-corrected chi connectivity index (χ0v) is 14.8. The normalized spacial score (nSPS) is 11.2. The number of nitrogens with zero attached hydrogens (tertiary/aromatic N) is 2. The third-order valence-corrected chi connectivity index (χ3v) is 3.81. The van der Waals surface area contributed by atoms with Crippen molar-refractivity contribution in [2.24, 2.45) is 0 Å². The molecule has 0 radical (unpaired) electrons. The highest BCUT2D eigenvalue weighted by atomic mass is 15.1. The molecule has 0 bridgehead atoms. The van der Waals surface area contributed by atoms with E-state index in [4.69, 9.17) is 0 Å². The molecular weight excluding hydrogens is 308 g/mol. The molecule has 4 nitrogen and oxygen atoms in total. The molecule has 2 rings (SSSR count). The first-order chi connectivity index (χ1) is 12.1. The molecule has 25 heavy (non-hydrogen) atoms. The van der Waals surface area contributed by atoms with Gasteiger partial charge in [-0.2, -0.15) is 5.26 Å². The van der Waals surface area contributed by atoms with Crippen molar-refractivity contribution in [3.63, 3.8) is 0 Å². The van der Waals surface area contributed by atoms with Crippen LogP contribution >= 0.6 is 0 Å². The van der Waals surface area contributed by atoms with E-state index in [1.54, 1.807) is 6.08 Å². The molecule has 0 aliphatic heterocycles. The number of rotatable bonds is 6. The fourth-order valence-electron chi connectivity index (χ4n) is 2.38. The topological polar surface area (TPSA) is 60.7 Å². The number of nitriles is 1. The van der Waals surface area contributed by atoms with Crippen LogP contribution in [0, 0.1) is 25.2 Å². The maximum atomic E-state index is 9.56. The Hall–Kier alpha value is -3.32. The second-order valence-electron chi connectivity index (χ2n) is 5.52. The van der Waals surface area contributed by atoms with Crippen LogP contribution in [0.4, 0.5) is 17.3 Å². The van der Waals surface area contributed by atoms with Gasteiger partial charge >= 0.3 is 0 Å². The Morgan fingerprint density at radius 3 is 2.48 bits per heavy atom. The van der Waals surface area contributed by atoms with Gasteiger partial charge in [-0.1, -0.05) is 36.9 Å². The Bertz CT molecular complexity index is 856. The SMILES string of the molecule is C=C/C=C(\C=C/C)Nc1nc(Nc2ccccc2)c(C#N)c(C)c1C. The summed E-state index contributed by atoms with van der Waals surface area (Å²) in [5, 5.41) is 16.1. The van der Waals surface area contributed by atoms with Crippen LogP contribution in [0.25, 0.3) is 0 Å². The van der Waals surface area contributed by atoms with Crippen LogP contribution in [0.15, 0.2) is 66.9 Å². The molecule has 0 aliphatic carbocycles. The highest BCUT2D eigenvalue weighted by molar-refractivity contribution is 5.70. The van der Waals surface area contributed by atoms with Crippen LogP contribution in [-0.2, 0) is 0 Å². The number of para-hydroxylation sites is 1. The summed E-state index contributed by atoms with van der Waals surface area (Å²) in [6.45, 7) is 9.58. The minimum atomic E-state index is 0.540. The van der Waals surface area contributed by atoms with Crippen molar-refractivity contribution in [1.29, 1.82) is 5.26 Å². The molecule has 1 aromatic carbocycles. The van der Waals surface area contributed by atoms with E-state index < -0.39 is 0 Å². The number of allylic oxidation sites excluding steroid dienone is 4. The zero-order chi connectivity index (χ0) is 18.2. The first kappa shape index (κ1) is 18.0. The molecule has 1 aromatic heterocycles. The monoisotopic (exact) mass is 330 g/mol. The third-order valence-electron chi connectivity index (χ3n) is 3.81. The lowest BCUT2D eigenvalue weighted by atomic mass is 10.1. The molecule has 0 saturated heterocycles. The van der Waals surface area contributed by atoms with E-state index in [9.17, 15) is 5.26 Å². The summed E-state index contributed by atoms with van der Waals surface area (Å²) < 4.78 is 0. The molecule has 2 aromatic rings. The predicted octanol–water partition coefficient (Wildman–Crippen LogP) is 5.37. The van der Waals surface area contributed by atoms with Crippen molar-refractivity contribution in [3.8, 4) is 6.07 Å². The highest BCUT2D eigenvalue weighted by Gasteiger charge is 2.15.